The summed E-state index contributed by atoms with van der Waals surface area (Å²) in [5.74, 6) is -0.378. The third kappa shape index (κ3) is 4.28. The van der Waals surface area contributed by atoms with Crippen LogP contribution in [0.25, 0.3) is 0 Å². The molecule has 0 atom stereocenters. The second-order valence-corrected chi connectivity index (χ2v) is 5.52. The van der Waals surface area contributed by atoms with Gasteiger partial charge in [-0.1, -0.05) is 11.6 Å². The van der Waals surface area contributed by atoms with Gasteiger partial charge in [-0.25, -0.2) is 0 Å². The van der Waals surface area contributed by atoms with Gasteiger partial charge in [-0.05, 0) is 31.0 Å². The highest BCUT2D eigenvalue weighted by Gasteiger charge is 2.35. The minimum Gasteiger partial charge on any atom is -0.434 e. The standard InChI is InChI=1S/C14H17ClF2N2O3/c15-10-1-2-11(22-13(16)17)9(7-10)8-19-12(20)14(18)3-5-21-6-4-14/h1-2,7,13H,3-6,8,18H2,(H,19,20). The van der Waals surface area contributed by atoms with Crippen LogP contribution in [0.3, 0.4) is 0 Å². The summed E-state index contributed by atoms with van der Waals surface area (Å²) in [6.45, 7) is -2.12. The molecule has 122 valence electrons. The molecule has 1 fully saturated rings. The van der Waals surface area contributed by atoms with Crippen LogP contribution in [0.2, 0.25) is 5.02 Å². The predicted octanol–water partition coefficient (Wildman–Crippen LogP) is 2.07. The smallest absolute Gasteiger partial charge is 0.387 e. The molecule has 1 heterocycles. The molecular formula is C14H17ClF2N2O3. The summed E-state index contributed by atoms with van der Waals surface area (Å²) in [6, 6.07) is 4.24. The number of nitrogens with two attached hydrogens (primary N) is 1. The maximum absolute atomic E-state index is 12.4. The first kappa shape index (κ1) is 16.9. The summed E-state index contributed by atoms with van der Waals surface area (Å²) in [5, 5.41) is 3.01. The van der Waals surface area contributed by atoms with Crippen LogP contribution in [0, 0.1) is 0 Å². The van der Waals surface area contributed by atoms with Gasteiger partial charge in [0.25, 0.3) is 0 Å². The fourth-order valence-corrected chi connectivity index (χ4v) is 2.41. The average Bonchev–Trinajstić information content (AvgIpc) is 2.47. The number of halogens is 3. The van der Waals surface area contributed by atoms with Crippen molar-refractivity contribution >= 4 is 17.5 Å². The fraction of sp³-hybridized carbons (Fsp3) is 0.500. The van der Waals surface area contributed by atoms with E-state index in [0.717, 1.165) is 0 Å². The normalized spacial score (nSPS) is 17.3. The summed E-state index contributed by atoms with van der Waals surface area (Å²) in [6.07, 6.45) is 0.823. The largest absolute Gasteiger partial charge is 0.434 e. The summed E-state index contributed by atoms with van der Waals surface area (Å²) in [7, 11) is 0. The number of amides is 1. The van der Waals surface area contributed by atoms with Gasteiger partial charge in [0.1, 0.15) is 5.75 Å². The van der Waals surface area contributed by atoms with Gasteiger partial charge >= 0.3 is 6.61 Å². The van der Waals surface area contributed by atoms with Gasteiger partial charge in [-0.3, -0.25) is 4.79 Å². The van der Waals surface area contributed by atoms with Crippen molar-refractivity contribution < 1.29 is 23.0 Å². The molecule has 1 saturated heterocycles. The van der Waals surface area contributed by atoms with E-state index in [1.54, 1.807) is 0 Å². The number of hydrogen-bond acceptors (Lipinski definition) is 4. The van der Waals surface area contributed by atoms with Crippen molar-refractivity contribution in [2.24, 2.45) is 5.73 Å². The Balaban J connectivity index is 2.04. The van der Waals surface area contributed by atoms with Crippen LogP contribution in [0.5, 0.6) is 5.75 Å². The van der Waals surface area contributed by atoms with Gasteiger partial charge in [-0.15, -0.1) is 0 Å². The van der Waals surface area contributed by atoms with Crippen molar-refractivity contribution in [1.29, 1.82) is 0 Å². The summed E-state index contributed by atoms with van der Waals surface area (Å²) in [5.41, 5.74) is 5.40. The number of ether oxygens (including phenoxy) is 2. The lowest BCUT2D eigenvalue weighted by molar-refractivity contribution is -0.129. The van der Waals surface area contributed by atoms with Crippen LogP contribution in [0.4, 0.5) is 8.78 Å². The van der Waals surface area contributed by atoms with E-state index in [1.165, 1.54) is 18.2 Å². The highest BCUT2D eigenvalue weighted by atomic mass is 35.5. The van der Waals surface area contributed by atoms with Crippen molar-refractivity contribution in [2.75, 3.05) is 13.2 Å². The number of hydrogen-bond donors (Lipinski definition) is 2. The lowest BCUT2D eigenvalue weighted by Gasteiger charge is -2.31. The van der Waals surface area contributed by atoms with E-state index in [2.05, 4.69) is 10.1 Å². The van der Waals surface area contributed by atoms with Gasteiger partial charge in [0.2, 0.25) is 5.91 Å². The van der Waals surface area contributed by atoms with E-state index in [0.29, 0.717) is 36.6 Å². The summed E-state index contributed by atoms with van der Waals surface area (Å²) >= 11 is 5.85. The van der Waals surface area contributed by atoms with Crippen LogP contribution >= 0.6 is 11.6 Å². The molecule has 0 radical (unpaired) electrons. The van der Waals surface area contributed by atoms with Crippen LogP contribution in [0.1, 0.15) is 18.4 Å². The molecule has 0 aliphatic carbocycles. The van der Waals surface area contributed by atoms with E-state index in [-0.39, 0.29) is 18.2 Å². The Morgan fingerprint density at radius 2 is 2.14 bits per heavy atom. The maximum Gasteiger partial charge on any atom is 0.387 e. The number of carbonyl (C=O) groups is 1. The van der Waals surface area contributed by atoms with E-state index in [9.17, 15) is 13.6 Å². The molecule has 0 aromatic heterocycles. The molecule has 0 spiro atoms. The van der Waals surface area contributed by atoms with Gasteiger partial charge in [0.15, 0.2) is 0 Å². The molecule has 8 heteroatoms. The Morgan fingerprint density at radius 1 is 1.45 bits per heavy atom. The molecule has 5 nitrogen and oxygen atoms in total. The maximum atomic E-state index is 12.4. The summed E-state index contributed by atoms with van der Waals surface area (Å²) in [4.78, 5) is 12.2. The predicted molar refractivity (Wildman–Crippen MR) is 76.9 cm³/mol. The molecule has 2 rings (SSSR count). The van der Waals surface area contributed by atoms with E-state index >= 15 is 0 Å². The van der Waals surface area contributed by atoms with Crippen molar-refractivity contribution in [3.63, 3.8) is 0 Å². The zero-order valence-electron chi connectivity index (χ0n) is 11.8. The molecule has 1 aliphatic heterocycles. The zero-order valence-corrected chi connectivity index (χ0v) is 12.5. The molecule has 1 aliphatic rings. The molecule has 1 aromatic carbocycles. The Labute approximate surface area is 131 Å². The van der Waals surface area contributed by atoms with Crippen LogP contribution in [-0.4, -0.2) is 31.3 Å². The highest BCUT2D eigenvalue weighted by Crippen LogP contribution is 2.25. The molecule has 22 heavy (non-hydrogen) atoms. The van der Waals surface area contributed by atoms with Gasteiger partial charge in [0.05, 0.1) is 5.54 Å². The van der Waals surface area contributed by atoms with E-state index in [4.69, 9.17) is 22.1 Å². The van der Waals surface area contributed by atoms with E-state index in [1.807, 2.05) is 0 Å². The van der Waals surface area contributed by atoms with Crippen molar-refractivity contribution in [1.82, 2.24) is 5.32 Å². The number of nitrogens with one attached hydrogen (secondary N) is 1. The monoisotopic (exact) mass is 334 g/mol. The minimum absolute atomic E-state index is 0.00124. The van der Waals surface area contributed by atoms with Crippen LogP contribution < -0.4 is 15.8 Å². The molecule has 1 amide bonds. The zero-order chi connectivity index (χ0) is 16.2. The first-order valence-corrected chi connectivity index (χ1v) is 7.17. The molecule has 0 saturated carbocycles. The van der Waals surface area contributed by atoms with Crippen molar-refractivity contribution in [3.05, 3.63) is 28.8 Å². The first-order chi connectivity index (χ1) is 10.4. The van der Waals surface area contributed by atoms with Crippen LogP contribution in [-0.2, 0) is 16.1 Å². The number of carbonyl (C=O) groups excluding carboxylic acids is 1. The highest BCUT2D eigenvalue weighted by molar-refractivity contribution is 6.30. The molecule has 1 aromatic rings. The van der Waals surface area contributed by atoms with Gasteiger partial charge in [-0.2, -0.15) is 8.78 Å². The van der Waals surface area contributed by atoms with Gasteiger partial charge in [0, 0.05) is 30.3 Å². The van der Waals surface area contributed by atoms with Crippen molar-refractivity contribution in [3.8, 4) is 5.75 Å². The topological polar surface area (TPSA) is 73.6 Å². The second kappa shape index (κ2) is 7.21. The summed E-state index contributed by atoms with van der Waals surface area (Å²) < 4.78 is 34.3. The molecule has 0 bridgehead atoms. The van der Waals surface area contributed by atoms with Gasteiger partial charge < -0.3 is 20.5 Å². The van der Waals surface area contributed by atoms with E-state index < -0.39 is 12.2 Å². The number of benzene rings is 1. The SMILES string of the molecule is NC1(C(=O)NCc2cc(Cl)ccc2OC(F)F)CCOCC1. The Hall–Kier alpha value is -1.44. The fourth-order valence-electron chi connectivity index (χ4n) is 2.21. The van der Waals surface area contributed by atoms with Crippen molar-refractivity contribution in [2.45, 2.75) is 31.5 Å². The molecule has 0 unspecified atom stereocenters. The number of rotatable bonds is 5. The molecule has 3 N–H and O–H groups in total. The quantitative estimate of drug-likeness (QED) is 0.864. The Morgan fingerprint density at radius 3 is 2.77 bits per heavy atom. The first-order valence-electron chi connectivity index (χ1n) is 6.79. The minimum atomic E-state index is -2.95. The third-order valence-electron chi connectivity index (χ3n) is 3.52. The Kier molecular flexibility index (Phi) is 5.55. The molecular weight excluding hydrogens is 318 g/mol. The third-order valence-corrected chi connectivity index (χ3v) is 3.75. The lowest BCUT2D eigenvalue weighted by Crippen LogP contribution is -2.56. The average molecular weight is 335 g/mol. The second-order valence-electron chi connectivity index (χ2n) is 5.08. The van der Waals surface area contributed by atoms with Crippen LogP contribution in [0.15, 0.2) is 18.2 Å². The lowest BCUT2D eigenvalue weighted by atomic mass is 9.90. The Bertz CT molecular complexity index is 537. The number of alkyl halides is 2.